The molecule has 17 heavy (non-hydrogen) atoms. The van der Waals surface area contributed by atoms with Gasteiger partial charge < -0.3 is 0 Å². The van der Waals surface area contributed by atoms with Gasteiger partial charge in [0, 0.05) is 0 Å². The van der Waals surface area contributed by atoms with Gasteiger partial charge >= 0.3 is 0 Å². The maximum Gasteiger partial charge on any atom is 0.0515 e. The predicted octanol–water partition coefficient (Wildman–Crippen LogP) is 5.70. The molecule has 0 aromatic heterocycles. The first-order valence-corrected chi connectivity index (χ1v) is 7.99. The van der Waals surface area contributed by atoms with E-state index in [9.17, 15) is 0 Å². The summed E-state index contributed by atoms with van der Waals surface area (Å²) in [7, 11) is 0. The highest BCUT2D eigenvalue weighted by Crippen LogP contribution is 2.52. The first kappa shape index (κ1) is 13.5. The Bertz CT molecular complexity index is 258. The minimum Gasteiger partial charge on any atom is -0.119 e. The Hall–Kier alpha value is 0.0300. The summed E-state index contributed by atoms with van der Waals surface area (Å²) in [6.45, 7) is 2.28. The van der Waals surface area contributed by atoms with E-state index in [1.54, 1.807) is 0 Å². The molecule has 0 radical (unpaired) electrons. The second-order valence-corrected chi connectivity index (χ2v) is 6.85. The van der Waals surface area contributed by atoms with Crippen LogP contribution in [0.25, 0.3) is 0 Å². The van der Waals surface area contributed by atoms with Crippen LogP contribution >= 0.6 is 11.6 Å². The van der Waals surface area contributed by atoms with E-state index in [0.717, 1.165) is 5.92 Å². The van der Waals surface area contributed by atoms with E-state index in [2.05, 4.69) is 19.1 Å². The molecule has 0 aromatic rings. The average molecular weight is 255 g/mol. The number of halogens is 1. The van der Waals surface area contributed by atoms with E-state index in [4.69, 9.17) is 11.6 Å². The van der Waals surface area contributed by atoms with Gasteiger partial charge in [0.2, 0.25) is 0 Å². The Kier molecular flexibility index (Phi) is 4.97. The molecule has 0 N–H and O–H groups in total. The molecule has 2 bridgehead atoms. The zero-order chi connectivity index (χ0) is 12.1. The second kappa shape index (κ2) is 6.27. The summed E-state index contributed by atoms with van der Waals surface area (Å²) in [6.07, 6.45) is 18.3. The fourth-order valence-electron chi connectivity index (χ4n) is 3.56. The Morgan fingerprint density at radius 2 is 1.76 bits per heavy atom. The molecule has 2 aliphatic rings. The Labute approximate surface area is 112 Å². The Morgan fingerprint density at radius 3 is 2.35 bits per heavy atom. The number of hydrogen-bond acceptors (Lipinski definition) is 0. The predicted molar refractivity (Wildman–Crippen MR) is 76.5 cm³/mol. The lowest BCUT2D eigenvalue weighted by atomic mass is 9.87. The van der Waals surface area contributed by atoms with Crippen molar-refractivity contribution in [1.82, 2.24) is 0 Å². The standard InChI is InChI=1S/C16H27Cl/c1-2-3-4-5-6-7-8-11-16(17)13-14-9-10-15(16)12-14/h9-10,14-15H,2-8,11-13H2,1H3. The fraction of sp³-hybridized carbons (Fsp3) is 0.875. The molecule has 0 spiro atoms. The lowest BCUT2D eigenvalue weighted by molar-refractivity contribution is 0.428. The molecular formula is C16H27Cl. The molecule has 0 heterocycles. The van der Waals surface area contributed by atoms with Gasteiger partial charge in [-0.2, -0.15) is 0 Å². The van der Waals surface area contributed by atoms with Crippen LogP contribution in [-0.2, 0) is 0 Å². The van der Waals surface area contributed by atoms with Gasteiger partial charge in [0.25, 0.3) is 0 Å². The molecule has 1 heteroatoms. The van der Waals surface area contributed by atoms with Crippen molar-refractivity contribution in [3.63, 3.8) is 0 Å². The summed E-state index contributed by atoms with van der Waals surface area (Å²) in [6, 6.07) is 0. The van der Waals surface area contributed by atoms with Gasteiger partial charge in [-0.05, 0) is 31.1 Å². The lowest BCUT2D eigenvalue weighted by Crippen LogP contribution is -2.26. The van der Waals surface area contributed by atoms with Gasteiger partial charge in [-0.1, -0.05) is 64.0 Å². The molecular weight excluding hydrogens is 228 g/mol. The van der Waals surface area contributed by atoms with Crippen LogP contribution in [0.2, 0.25) is 0 Å². The number of allylic oxidation sites excluding steroid dienone is 2. The van der Waals surface area contributed by atoms with E-state index in [1.165, 1.54) is 64.2 Å². The topological polar surface area (TPSA) is 0 Å². The van der Waals surface area contributed by atoms with Crippen molar-refractivity contribution in [3.05, 3.63) is 12.2 Å². The van der Waals surface area contributed by atoms with Crippen LogP contribution in [0.3, 0.4) is 0 Å². The van der Waals surface area contributed by atoms with Crippen molar-refractivity contribution < 1.29 is 0 Å². The molecule has 0 aliphatic heterocycles. The van der Waals surface area contributed by atoms with Crippen LogP contribution in [0.5, 0.6) is 0 Å². The first-order valence-electron chi connectivity index (χ1n) is 7.62. The second-order valence-electron chi connectivity index (χ2n) is 6.10. The van der Waals surface area contributed by atoms with Crippen LogP contribution < -0.4 is 0 Å². The maximum atomic E-state index is 6.78. The number of fused-ring (bicyclic) bond motifs is 2. The highest BCUT2D eigenvalue weighted by Gasteiger charge is 2.46. The fourth-order valence-corrected chi connectivity index (χ4v) is 4.05. The van der Waals surface area contributed by atoms with Crippen LogP contribution in [0.4, 0.5) is 0 Å². The molecule has 3 atom stereocenters. The SMILES string of the molecule is CCCCCCCCCC1(Cl)CC2C=CC1C2. The van der Waals surface area contributed by atoms with Gasteiger partial charge in [-0.25, -0.2) is 0 Å². The van der Waals surface area contributed by atoms with Crippen molar-refractivity contribution in [2.75, 3.05) is 0 Å². The zero-order valence-corrected chi connectivity index (χ0v) is 12.0. The summed E-state index contributed by atoms with van der Waals surface area (Å²) >= 11 is 6.78. The van der Waals surface area contributed by atoms with E-state index < -0.39 is 0 Å². The normalized spacial score (nSPS) is 34.7. The monoisotopic (exact) mass is 254 g/mol. The third-order valence-corrected chi connectivity index (χ3v) is 5.26. The summed E-state index contributed by atoms with van der Waals surface area (Å²) in [5.41, 5.74) is 0. The Balaban J connectivity index is 1.55. The quantitative estimate of drug-likeness (QED) is 0.296. The Morgan fingerprint density at radius 1 is 1.06 bits per heavy atom. The zero-order valence-electron chi connectivity index (χ0n) is 11.3. The highest BCUT2D eigenvalue weighted by molar-refractivity contribution is 6.24. The molecule has 0 nitrogen and oxygen atoms in total. The molecule has 1 saturated carbocycles. The van der Waals surface area contributed by atoms with Crippen molar-refractivity contribution in [1.29, 1.82) is 0 Å². The smallest absolute Gasteiger partial charge is 0.0515 e. The summed E-state index contributed by atoms with van der Waals surface area (Å²) < 4.78 is 0. The van der Waals surface area contributed by atoms with Gasteiger partial charge in [-0.3, -0.25) is 0 Å². The highest BCUT2D eigenvalue weighted by atomic mass is 35.5. The van der Waals surface area contributed by atoms with Crippen molar-refractivity contribution in [2.45, 2.75) is 76.0 Å². The molecule has 0 saturated heterocycles. The van der Waals surface area contributed by atoms with Crippen molar-refractivity contribution in [3.8, 4) is 0 Å². The third kappa shape index (κ3) is 3.50. The van der Waals surface area contributed by atoms with Gasteiger partial charge in [-0.15, -0.1) is 11.6 Å². The summed E-state index contributed by atoms with van der Waals surface area (Å²) in [5, 5.41) is 0. The van der Waals surface area contributed by atoms with Crippen LogP contribution in [-0.4, -0.2) is 4.87 Å². The molecule has 0 amide bonds. The average Bonchev–Trinajstić information content (AvgIpc) is 2.88. The first-order chi connectivity index (χ1) is 8.24. The van der Waals surface area contributed by atoms with Crippen LogP contribution in [0.1, 0.15) is 71.1 Å². The number of rotatable bonds is 8. The third-order valence-electron chi connectivity index (χ3n) is 4.63. The number of alkyl halides is 1. The lowest BCUT2D eigenvalue weighted by Gasteiger charge is -2.28. The molecule has 98 valence electrons. The van der Waals surface area contributed by atoms with E-state index in [1.807, 2.05) is 0 Å². The summed E-state index contributed by atoms with van der Waals surface area (Å²) in [5.74, 6) is 1.50. The molecule has 3 unspecified atom stereocenters. The van der Waals surface area contributed by atoms with E-state index >= 15 is 0 Å². The minimum atomic E-state index is 0.142. The van der Waals surface area contributed by atoms with E-state index in [0.29, 0.717) is 5.92 Å². The van der Waals surface area contributed by atoms with Gasteiger partial charge in [0.1, 0.15) is 0 Å². The molecule has 2 rings (SSSR count). The van der Waals surface area contributed by atoms with Gasteiger partial charge in [0.05, 0.1) is 4.87 Å². The van der Waals surface area contributed by atoms with Gasteiger partial charge in [0.15, 0.2) is 0 Å². The molecule has 2 aliphatic carbocycles. The van der Waals surface area contributed by atoms with Crippen molar-refractivity contribution in [2.24, 2.45) is 11.8 Å². The molecule has 1 fully saturated rings. The van der Waals surface area contributed by atoms with Crippen LogP contribution in [0, 0.1) is 11.8 Å². The minimum absolute atomic E-state index is 0.142. The van der Waals surface area contributed by atoms with E-state index in [-0.39, 0.29) is 4.87 Å². The maximum absolute atomic E-state index is 6.78. The van der Waals surface area contributed by atoms with Crippen LogP contribution in [0.15, 0.2) is 12.2 Å². The largest absolute Gasteiger partial charge is 0.119 e. The number of hydrogen-bond donors (Lipinski definition) is 0. The van der Waals surface area contributed by atoms with Crippen molar-refractivity contribution >= 4 is 11.6 Å². The summed E-state index contributed by atoms with van der Waals surface area (Å²) in [4.78, 5) is 0.142. The molecule has 0 aromatic carbocycles. The number of unbranched alkanes of at least 4 members (excludes halogenated alkanes) is 6.